The van der Waals surface area contributed by atoms with Crippen LogP contribution in [-0.4, -0.2) is 74.9 Å². The van der Waals surface area contributed by atoms with Crippen molar-refractivity contribution in [2.45, 2.75) is 17.7 Å². The average molecular weight is 445 g/mol. The number of ether oxygens (including phenoxy) is 1. The number of carbonyl (C=O) groups is 1. The van der Waals surface area contributed by atoms with Gasteiger partial charge in [-0.05, 0) is 49.2 Å². The first-order valence-corrected chi connectivity index (χ1v) is 12.0. The Labute approximate surface area is 183 Å². The Bertz CT molecular complexity index is 982. The summed E-state index contributed by atoms with van der Waals surface area (Å²) in [5, 5.41) is 0. The van der Waals surface area contributed by atoms with Crippen molar-refractivity contribution in [1.29, 1.82) is 0 Å². The summed E-state index contributed by atoms with van der Waals surface area (Å²) in [5.41, 5.74) is 0. The highest BCUT2D eigenvalue weighted by Crippen LogP contribution is 2.26. The van der Waals surface area contributed by atoms with Crippen LogP contribution in [0.25, 0.3) is 0 Å². The van der Waals surface area contributed by atoms with Crippen LogP contribution in [0.5, 0.6) is 5.75 Å². The topological polar surface area (TPSA) is 83.0 Å². The van der Waals surface area contributed by atoms with E-state index in [1.165, 1.54) is 4.31 Å². The maximum absolute atomic E-state index is 13.0. The van der Waals surface area contributed by atoms with E-state index < -0.39 is 10.0 Å². The van der Waals surface area contributed by atoms with Gasteiger partial charge < -0.3 is 14.5 Å². The molecule has 2 aliphatic rings. The fraction of sp³-hybridized carbons (Fsp3) is 0.455. The standard InChI is InChI=1S/C22H28N4O4S/c1-30-19-5-7-20(8-6-19)31(28,29)26-12-9-18(10-13-26)22(27)25-16-14-24(15-17-25)21-4-2-3-11-23-21/h2-8,11,18H,9-10,12-17H2,1H3. The summed E-state index contributed by atoms with van der Waals surface area (Å²) < 4.78 is 32.4. The molecule has 0 spiro atoms. The fourth-order valence-corrected chi connectivity index (χ4v) is 5.66. The molecule has 2 aromatic rings. The highest BCUT2D eigenvalue weighted by molar-refractivity contribution is 7.89. The van der Waals surface area contributed by atoms with Crippen molar-refractivity contribution < 1.29 is 17.9 Å². The number of hydrogen-bond donors (Lipinski definition) is 0. The van der Waals surface area contributed by atoms with Gasteiger partial charge >= 0.3 is 0 Å². The Kier molecular flexibility index (Phi) is 6.43. The molecule has 0 aliphatic carbocycles. The number of pyridine rings is 1. The number of nitrogens with zero attached hydrogens (tertiary/aromatic N) is 4. The minimum absolute atomic E-state index is 0.122. The average Bonchev–Trinajstić information content (AvgIpc) is 2.84. The number of hydrogen-bond acceptors (Lipinski definition) is 6. The van der Waals surface area contributed by atoms with Gasteiger partial charge in [-0.25, -0.2) is 13.4 Å². The molecule has 0 radical (unpaired) electrons. The van der Waals surface area contributed by atoms with Crippen molar-refractivity contribution in [2.24, 2.45) is 5.92 Å². The quantitative estimate of drug-likeness (QED) is 0.700. The maximum atomic E-state index is 13.0. The van der Waals surface area contributed by atoms with Crippen molar-refractivity contribution in [1.82, 2.24) is 14.2 Å². The van der Waals surface area contributed by atoms with Gasteiger partial charge in [-0.2, -0.15) is 4.31 Å². The number of piperazine rings is 1. The molecule has 3 heterocycles. The van der Waals surface area contributed by atoms with Crippen molar-refractivity contribution in [3.63, 3.8) is 0 Å². The van der Waals surface area contributed by atoms with Crippen molar-refractivity contribution >= 4 is 21.7 Å². The molecule has 0 bridgehead atoms. The highest BCUT2D eigenvalue weighted by Gasteiger charge is 2.34. The zero-order valence-corrected chi connectivity index (χ0v) is 18.5. The minimum Gasteiger partial charge on any atom is -0.497 e. The number of methoxy groups -OCH3 is 1. The summed E-state index contributed by atoms with van der Waals surface area (Å²) in [6.07, 6.45) is 2.88. The molecule has 0 unspecified atom stereocenters. The van der Waals surface area contributed by atoms with E-state index in [9.17, 15) is 13.2 Å². The van der Waals surface area contributed by atoms with Gasteiger partial charge in [0.25, 0.3) is 0 Å². The third kappa shape index (κ3) is 4.67. The van der Waals surface area contributed by atoms with E-state index in [2.05, 4.69) is 9.88 Å². The molecule has 166 valence electrons. The molecule has 0 saturated carbocycles. The molecule has 1 amide bonds. The summed E-state index contributed by atoms with van der Waals surface area (Å²) in [5.74, 6) is 1.57. The minimum atomic E-state index is -3.56. The largest absolute Gasteiger partial charge is 0.497 e. The summed E-state index contributed by atoms with van der Waals surface area (Å²) in [6.45, 7) is 3.57. The van der Waals surface area contributed by atoms with Gasteiger partial charge in [0.1, 0.15) is 11.6 Å². The summed E-state index contributed by atoms with van der Waals surface area (Å²) >= 11 is 0. The number of aromatic nitrogens is 1. The zero-order valence-electron chi connectivity index (χ0n) is 17.7. The SMILES string of the molecule is COc1ccc(S(=O)(=O)N2CCC(C(=O)N3CCN(c4ccccn4)CC3)CC2)cc1. The number of carbonyl (C=O) groups excluding carboxylic acids is 1. The van der Waals surface area contributed by atoms with Gasteiger partial charge in [0.2, 0.25) is 15.9 Å². The molecule has 31 heavy (non-hydrogen) atoms. The van der Waals surface area contributed by atoms with Crippen molar-refractivity contribution in [2.75, 3.05) is 51.3 Å². The molecule has 1 aromatic heterocycles. The zero-order chi connectivity index (χ0) is 21.8. The lowest BCUT2D eigenvalue weighted by Gasteiger charge is -2.38. The normalized spacial score (nSPS) is 18.7. The van der Waals surface area contributed by atoms with E-state index in [1.54, 1.807) is 37.6 Å². The molecular formula is C22H28N4O4S. The van der Waals surface area contributed by atoms with Crippen LogP contribution in [0.1, 0.15) is 12.8 Å². The lowest BCUT2D eigenvalue weighted by Crippen LogP contribution is -2.52. The molecule has 9 heteroatoms. The second-order valence-electron chi connectivity index (χ2n) is 7.85. The Morgan fingerprint density at radius 1 is 0.968 bits per heavy atom. The van der Waals surface area contributed by atoms with E-state index >= 15 is 0 Å². The van der Waals surface area contributed by atoms with E-state index in [0.717, 1.165) is 18.9 Å². The molecule has 0 N–H and O–H groups in total. The molecule has 2 fully saturated rings. The Balaban J connectivity index is 1.31. The smallest absolute Gasteiger partial charge is 0.243 e. The number of piperidine rings is 1. The summed E-state index contributed by atoms with van der Waals surface area (Å²) in [4.78, 5) is 21.7. The molecule has 1 aromatic carbocycles. The van der Waals surface area contributed by atoms with Crippen molar-refractivity contribution in [3.05, 3.63) is 48.7 Å². The van der Waals surface area contributed by atoms with Crippen LogP contribution < -0.4 is 9.64 Å². The number of benzene rings is 1. The number of amides is 1. The van der Waals surface area contributed by atoms with Gasteiger partial charge in [0.05, 0.1) is 12.0 Å². The monoisotopic (exact) mass is 444 g/mol. The number of rotatable bonds is 5. The molecule has 2 aliphatic heterocycles. The van der Waals surface area contributed by atoms with Crippen LogP contribution in [0.15, 0.2) is 53.6 Å². The molecule has 8 nitrogen and oxygen atoms in total. The van der Waals surface area contributed by atoms with Gasteiger partial charge in [-0.15, -0.1) is 0 Å². The highest BCUT2D eigenvalue weighted by atomic mass is 32.2. The Morgan fingerprint density at radius 2 is 1.65 bits per heavy atom. The van der Waals surface area contributed by atoms with E-state index in [0.29, 0.717) is 44.8 Å². The first kappa shape index (κ1) is 21.6. The summed E-state index contributed by atoms with van der Waals surface area (Å²) in [6, 6.07) is 12.3. The van der Waals surface area contributed by atoms with Crippen LogP contribution in [0.3, 0.4) is 0 Å². The predicted molar refractivity (Wildman–Crippen MR) is 118 cm³/mol. The molecule has 4 rings (SSSR count). The van der Waals surface area contributed by atoms with E-state index in [-0.39, 0.29) is 16.7 Å². The van der Waals surface area contributed by atoms with Crippen LogP contribution in [-0.2, 0) is 14.8 Å². The molecule has 2 saturated heterocycles. The maximum Gasteiger partial charge on any atom is 0.243 e. The van der Waals surface area contributed by atoms with Crippen LogP contribution >= 0.6 is 0 Å². The first-order valence-electron chi connectivity index (χ1n) is 10.6. The van der Waals surface area contributed by atoms with Gasteiger partial charge in [-0.3, -0.25) is 4.79 Å². The van der Waals surface area contributed by atoms with Crippen molar-refractivity contribution in [3.8, 4) is 5.75 Å². The second-order valence-corrected chi connectivity index (χ2v) is 9.79. The lowest BCUT2D eigenvalue weighted by atomic mass is 9.96. The number of sulfonamides is 1. The Morgan fingerprint density at radius 3 is 2.23 bits per heavy atom. The Hall–Kier alpha value is -2.65. The molecular weight excluding hydrogens is 416 g/mol. The van der Waals surface area contributed by atoms with Crippen LogP contribution in [0, 0.1) is 5.92 Å². The van der Waals surface area contributed by atoms with E-state index in [1.807, 2.05) is 23.1 Å². The van der Waals surface area contributed by atoms with E-state index in [4.69, 9.17) is 4.74 Å². The van der Waals surface area contributed by atoms with Gasteiger partial charge in [-0.1, -0.05) is 6.07 Å². The van der Waals surface area contributed by atoms with Gasteiger partial charge in [0, 0.05) is 51.4 Å². The van der Waals surface area contributed by atoms with Crippen LogP contribution in [0.2, 0.25) is 0 Å². The third-order valence-corrected chi connectivity index (χ3v) is 7.98. The molecule has 0 atom stereocenters. The second kappa shape index (κ2) is 9.23. The first-order chi connectivity index (χ1) is 15.0. The third-order valence-electron chi connectivity index (χ3n) is 6.06. The lowest BCUT2D eigenvalue weighted by molar-refractivity contribution is -0.137. The van der Waals surface area contributed by atoms with Gasteiger partial charge in [0.15, 0.2) is 0 Å². The van der Waals surface area contributed by atoms with Crippen LogP contribution in [0.4, 0.5) is 5.82 Å². The fourth-order valence-electron chi connectivity index (χ4n) is 4.19. The predicted octanol–water partition coefficient (Wildman–Crippen LogP) is 1.84. The summed E-state index contributed by atoms with van der Waals surface area (Å²) in [7, 11) is -2.01. The number of anilines is 1.